The zero-order chi connectivity index (χ0) is 9.97. The lowest BCUT2D eigenvalue weighted by molar-refractivity contribution is -0.111. The van der Waals surface area contributed by atoms with E-state index >= 15 is 0 Å². The van der Waals surface area contributed by atoms with Gasteiger partial charge in [-0.05, 0) is 13.3 Å². The van der Waals surface area contributed by atoms with Crippen LogP contribution in [-0.4, -0.2) is 61.0 Å². The SMILES string of the molecule is CC1OCCC(N2CCNCC2)C1O. The Morgan fingerprint density at radius 2 is 2.07 bits per heavy atom. The van der Waals surface area contributed by atoms with Gasteiger partial charge in [-0.2, -0.15) is 0 Å². The Bertz CT molecular complexity index is 183. The van der Waals surface area contributed by atoms with Crippen molar-refractivity contribution in [1.82, 2.24) is 10.2 Å². The van der Waals surface area contributed by atoms with Crippen LogP contribution in [0.15, 0.2) is 0 Å². The first-order chi connectivity index (χ1) is 6.79. The molecular formula is C10H20N2O2. The summed E-state index contributed by atoms with van der Waals surface area (Å²) in [6.07, 6.45) is 0.636. The number of aliphatic hydroxyl groups is 1. The van der Waals surface area contributed by atoms with E-state index in [4.69, 9.17) is 4.74 Å². The predicted molar refractivity (Wildman–Crippen MR) is 54.3 cm³/mol. The second-order valence-corrected chi connectivity index (χ2v) is 4.21. The fraction of sp³-hybridized carbons (Fsp3) is 1.00. The normalized spacial score (nSPS) is 41.1. The molecule has 2 aliphatic rings. The Morgan fingerprint density at radius 1 is 1.36 bits per heavy atom. The molecule has 3 unspecified atom stereocenters. The molecule has 2 N–H and O–H groups in total. The van der Waals surface area contributed by atoms with Crippen LogP contribution in [0.3, 0.4) is 0 Å². The Balaban J connectivity index is 1.93. The molecule has 0 bridgehead atoms. The number of aliphatic hydroxyl groups excluding tert-OH is 1. The van der Waals surface area contributed by atoms with Crippen molar-refractivity contribution in [3.8, 4) is 0 Å². The maximum absolute atomic E-state index is 10.0. The van der Waals surface area contributed by atoms with Crippen LogP contribution < -0.4 is 5.32 Å². The molecule has 3 atom stereocenters. The standard InChI is InChI=1S/C10H20N2O2/c1-8-10(13)9(2-7-14-8)12-5-3-11-4-6-12/h8-11,13H,2-7H2,1H3. The molecule has 0 aromatic rings. The van der Waals surface area contributed by atoms with E-state index in [0.29, 0.717) is 6.04 Å². The number of ether oxygens (including phenoxy) is 1. The monoisotopic (exact) mass is 200 g/mol. The molecule has 0 aliphatic carbocycles. The van der Waals surface area contributed by atoms with Crippen molar-refractivity contribution in [3.63, 3.8) is 0 Å². The molecule has 0 radical (unpaired) electrons. The van der Waals surface area contributed by atoms with Crippen molar-refractivity contribution < 1.29 is 9.84 Å². The molecule has 4 nitrogen and oxygen atoms in total. The zero-order valence-electron chi connectivity index (χ0n) is 8.78. The lowest BCUT2D eigenvalue weighted by Crippen LogP contribution is -2.57. The summed E-state index contributed by atoms with van der Waals surface area (Å²) >= 11 is 0. The first kappa shape index (κ1) is 10.4. The lowest BCUT2D eigenvalue weighted by Gasteiger charge is -2.42. The van der Waals surface area contributed by atoms with Gasteiger partial charge in [0.25, 0.3) is 0 Å². The largest absolute Gasteiger partial charge is 0.389 e. The number of nitrogens with zero attached hydrogens (tertiary/aromatic N) is 1. The minimum Gasteiger partial charge on any atom is -0.389 e. The Morgan fingerprint density at radius 3 is 2.79 bits per heavy atom. The van der Waals surface area contributed by atoms with Crippen molar-refractivity contribution >= 4 is 0 Å². The highest BCUT2D eigenvalue weighted by atomic mass is 16.5. The van der Waals surface area contributed by atoms with Crippen LogP contribution in [0, 0.1) is 0 Å². The highest BCUT2D eigenvalue weighted by molar-refractivity contribution is 4.87. The summed E-state index contributed by atoms with van der Waals surface area (Å²) < 4.78 is 5.42. The minimum absolute atomic E-state index is 0.0105. The van der Waals surface area contributed by atoms with E-state index in [1.807, 2.05) is 6.92 Å². The fourth-order valence-corrected chi connectivity index (χ4v) is 2.37. The van der Waals surface area contributed by atoms with E-state index < -0.39 is 0 Å². The third-order valence-electron chi connectivity index (χ3n) is 3.29. The van der Waals surface area contributed by atoms with E-state index in [1.54, 1.807) is 0 Å². The Kier molecular flexibility index (Phi) is 3.38. The molecule has 2 aliphatic heterocycles. The molecule has 2 saturated heterocycles. The summed E-state index contributed by atoms with van der Waals surface area (Å²) in [6, 6.07) is 0.306. The molecule has 82 valence electrons. The summed E-state index contributed by atoms with van der Waals surface area (Å²) in [5.74, 6) is 0. The number of nitrogens with one attached hydrogen (secondary N) is 1. The van der Waals surface area contributed by atoms with Gasteiger partial charge in [0.15, 0.2) is 0 Å². The van der Waals surface area contributed by atoms with Crippen LogP contribution in [0.2, 0.25) is 0 Å². The van der Waals surface area contributed by atoms with Gasteiger partial charge < -0.3 is 15.2 Å². The van der Waals surface area contributed by atoms with Crippen LogP contribution in [-0.2, 0) is 4.74 Å². The number of rotatable bonds is 1. The molecule has 2 rings (SSSR count). The van der Waals surface area contributed by atoms with Gasteiger partial charge in [0.2, 0.25) is 0 Å². The van der Waals surface area contributed by atoms with Gasteiger partial charge in [0, 0.05) is 38.8 Å². The van der Waals surface area contributed by atoms with E-state index in [2.05, 4.69) is 10.2 Å². The third-order valence-corrected chi connectivity index (χ3v) is 3.29. The molecular weight excluding hydrogens is 180 g/mol. The first-order valence-electron chi connectivity index (χ1n) is 5.53. The maximum Gasteiger partial charge on any atom is 0.0954 e. The zero-order valence-corrected chi connectivity index (χ0v) is 8.78. The van der Waals surface area contributed by atoms with Crippen molar-refractivity contribution in [2.45, 2.75) is 31.6 Å². The quantitative estimate of drug-likeness (QED) is 0.595. The van der Waals surface area contributed by atoms with Gasteiger partial charge in [-0.3, -0.25) is 4.90 Å². The summed E-state index contributed by atoms with van der Waals surface area (Å²) in [7, 11) is 0. The first-order valence-corrected chi connectivity index (χ1v) is 5.53. The van der Waals surface area contributed by atoms with Gasteiger partial charge in [-0.1, -0.05) is 0 Å². The van der Waals surface area contributed by atoms with Crippen LogP contribution in [0.1, 0.15) is 13.3 Å². The van der Waals surface area contributed by atoms with Crippen molar-refractivity contribution in [2.24, 2.45) is 0 Å². The van der Waals surface area contributed by atoms with Gasteiger partial charge in [0.05, 0.1) is 12.2 Å². The minimum atomic E-state index is -0.318. The summed E-state index contributed by atoms with van der Waals surface area (Å²) in [4.78, 5) is 2.39. The maximum atomic E-state index is 10.0. The smallest absolute Gasteiger partial charge is 0.0954 e. The number of piperazine rings is 1. The topological polar surface area (TPSA) is 44.7 Å². The summed E-state index contributed by atoms with van der Waals surface area (Å²) in [5.41, 5.74) is 0. The number of hydrogen-bond donors (Lipinski definition) is 2. The van der Waals surface area contributed by atoms with Crippen molar-refractivity contribution in [2.75, 3.05) is 32.8 Å². The Labute approximate surface area is 85.2 Å². The molecule has 0 aromatic heterocycles. The molecule has 2 heterocycles. The molecule has 0 saturated carbocycles. The van der Waals surface area contributed by atoms with Crippen LogP contribution >= 0.6 is 0 Å². The fourth-order valence-electron chi connectivity index (χ4n) is 2.37. The lowest BCUT2D eigenvalue weighted by atomic mass is 9.98. The van der Waals surface area contributed by atoms with Gasteiger partial charge in [0.1, 0.15) is 0 Å². The molecule has 0 amide bonds. The molecule has 2 fully saturated rings. The second-order valence-electron chi connectivity index (χ2n) is 4.21. The molecule has 0 aromatic carbocycles. The van der Waals surface area contributed by atoms with Gasteiger partial charge in [-0.15, -0.1) is 0 Å². The molecule has 4 heteroatoms. The van der Waals surface area contributed by atoms with Gasteiger partial charge in [-0.25, -0.2) is 0 Å². The second kappa shape index (κ2) is 4.57. The number of hydrogen-bond acceptors (Lipinski definition) is 4. The average Bonchev–Trinajstić information content (AvgIpc) is 2.23. The highest BCUT2D eigenvalue weighted by Gasteiger charge is 2.34. The van der Waals surface area contributed by atoms with Gasteiger partial charge >= 0.3 is 0 Å². The molecule has 0 spiro atoms. The average molecular weight is 200 g/mol. The van der Waals surface area contributed by atoms with Crippen molar-refractivity contribution in [1.29, 1.82) is 0 Å². The predicted octanol–water partition coefficient (Wildman–Crippen LogP) is -0.570. The third kappa shape index (κ3) is 2.08. The van der Waals surface area contributed by atoms with E-state index in [1.165, 1.54) is 0 Å². The summed E-state index contributed by atoms with van der Waals surface area (Å²) in [5, 5.41) is 13.3. The van der Waals surface area contributed by atoms with Crippen LogP contribution in [0.25, 0.3) is 0 Å². The van der Waals surface area contributed by atoms with Crippen molar-refractivity contribution in [3.05, 3.63) is 0 Å². The molecule has 14 heavy (non-hydrogen) atoms. The van der Waals surface area contributed by atoms with E-state index in [0.717, 1.165) is 39.2 Å². The van der Waals surface area contributed by atoms with E-state index in [-0.39, 0.29) is 12.2 Å². The van der Waals surface area contributed by atoms with E-state index in [9.17, 15) is 5.11 Å². The highest BCUT2D eigenvalue weighted by Crippen LogP contribution is 2.19. The summed E-state index contributed by atoms with van der Waals surface area (Å²) in [6.45, 7) is 6.92. The Hall–Kier alpha value is -0.160. The van der Waals surface area contributed by atoms with Crippen LogP contribution in [0.5, 0.6) is 0 Å². The van der Waals surface area contributed by atoms with Crippen LogP contribution in [0.4, 0.5) is 0 Å².